The smallest absolute Gasteiger partial charge is 0.238 e. The largest absolute Gasteiger partial charge is 0.380 e. The molecule has 21 heavy (non-hydrogen) atoms. The summed E-state index contributed by atoms with van der Waals surface area (Å²) < 4.78 is 46.6. The molecule has 0 heterocycles. The lowest BCUT2D eigenvalue weighted by atomic mass is 10.2. The third-order valence-corrected chi connectivity index (χ3v) is 6.84. The van der Waals surface area contributed by atoms with Crippen LogP contribution in [0.5, 0.6) is 0 Å². The lowest BCUT2D eigenvalue weighted by Crippen LogP contribution is -2.34. The number of anilines is 1. The molecule has 0 aliphatic heterocycles. The normalized spacial score (nSPS) is 23.2. The van der Waals surface area contributed by atoms with Gasteiger partial charge in [-0.3, -0.25) is 0 Å². The molecule has 2 unspecified atom stereocenters. The van der Waals surface area contributed by atoms with E-state index >= 15 is 0 Å². The number of primary sulfonamides is 1. The number of halogens is 1. The van der Waals surface area contributed by atoms with E-state index in [4.69, 9.17) is 5.14 Å². The van der Waals surface area contributed by atoms with Crippen molar-refractivity contribution < 1.29 is 16.8 Å². The zero-order chi connectivity index (χ0) is 15.8. The Kier molecular flexibility index (Phi) is 4.67. The topological polar surface area (TPSA) is 106 Å². The molecule has 1 saturated carbocycles. The number of nitrogens with two attached hydrogens (primary N) is 1. The first kappa shape index (κ1) is 16.7. The number of benzene rings is 1. The van der Waals surface area contributed by atoms with Crippen molar-refractivity contribution in [2.45, 2.75) is 35.4 Å². The van der Waals surface area contributed by atoms with Gasteiger partial charge in [0.2, 0.25) is 10.0 Å². The Morgan fingerprint density at radius 3 is 2.43 bits per heavy atom. The first-order chi connectivity index (χ1) is 9.59. The van der Waals surface area contributed by atoms with Gasteiger partial charge in [0.1, 0.15) is 0 Å². The second-order valence-electron chi connectivity index (χ2n) is 5.24. The summed E-state index contributed by atoms with van der Waals surface area (Å²) in [5.41, 5.74) is 0.656. The van der Waals surface area contributed by atoms with Crippen molar-refractivity contribution in [2.24, 2.45) is 5.14 Å². The SMILES string of the molecule is CS(=O)(=O)C1CCCC1Nc1ccc(S(N)(=O)=O)cc1Br. The van der Waals surface area contributed by atoms with E-state index < -0.39 is 25.1 Å². The van der Waals surface area contributed by atoms with Crippen LogP contribution in [0.2, 0.25) is 0 Å². The van der Waals surface area contributed by atoms with Crippen molar-refractivity contribution in [1.82, 2.24) is 0 Å². The van der Waals surface area contributed by atoms with E-state index in [0.717, 1.165) is 12.8 Å². The fourth-order valence-corrected chi connectivity index (χ4v) is 5.17. The van der Waals surface area contributed by atoms with Crippen LogP contribution in [0.15, 0.2) is 27.6 Å². The van der Waals surface area contributed by atoms with Crippen molar-refractivity contribution in [3.05, 3.63) is 22.7 Å². The van der Waals surface area contributed by atoms with Gasteiger partial charge in [-0.05, 0) is 53.4 Å². The highest BCUT2D eigenvalue weighted by Crippen LogP contribution is 2.31. The van der Waals surface area contributed by atoms with Crippen molar-refractivity contribution in [1.29, 1.82) is 0 Å². The minimum atomic E-state index is -3.76. The van der Waals surface area contributed by atoms with E-state index in [1.165, 1.54) is 18.4 Å². The van der Waals surface area contributed by atoms with Gasteiger partial charge in [0.05, 0.1) is 10.1 Å². The maximum atomic E-state index is 11.8. The van der Waals surface area contributed by atoms with Gasteiger partial charge in [0, 0.05) is 22.5 Å². The summed E-state index contributed by atoms with van der Waals surface area (Å²) in [4.78, 5) is 0.00556. The van der Waals surface area contributed by atoms with Gasteiger partial charge in [-0.1, -0.05) is 0 Å². The van der Waals surface area contributed by atoms with Crippen molar-refractivity contribution in [3.63, 3.8) is 0 Å². The van der Waals surface area contributed by atoms with E-state index in [1.807, 2.05) is 0 Å². The third-order valence-electron chi connectivity index (χ3n) is 3.61. The van der Waals surface area contributed by atoms with Gasteiger partial charge in [0.15, 0.2) is 9.84 Å². The van der Waals surface area contributed by atoms with Gasteiger partial charge < -0.3 is 5.32 Å². The van der Waals surface area contributed by atoms with Crippen molar-refractivity contribution >= 4 is 41.5 Å². The van der Waals surface area contributed by atoms with Crippen LogP contribution in [-0.4, -0.2) is 34.4 Å². The maximum absolute atomic E-state index is 11.8. The molecule has 1 aliphatic rings. The van der Waals surface area contributed by atoms with Gasteiger partial charge in [-0.25, -0.2) is 22.0 Å². The second-order valence-corrected chi connectivity index (χ2v) is 9.92. The Balaban J connectivity index is 2.25. The minimum Gasteiger partial charge on any atom is -0.380 e. The predicted octanol–water partition coefficient (Wildman–Crippen LogP) is 1.47. The first-order valence-electron chi connectivity index (χ1n) is 6.37. The van der Waals surface area contributed by atoms with E-state index in [2.05, 4.69) is 21.2 Å². The van der Waals surface area contributed by atoms with Gasteiger partial charge >= 0.3 is 0 Å². The van der Waals surface area contributed by atoms with Crippen LogP contribution in [-0.2, 0) is 19.9 Å². The molecule has 0 aromatic heterocycles. The molecular formula is C12H17BrN2O4S2. The number of sulfone groups is 1. The van der Waals surface area contributed by atoms with Gasteiger partial charge in [-0.2, -0.15) is 0 Å². The molecule has 1 fully saturated rings. The fraction of sp³-hybridized carbons (Fsp3) is 0.500. The first-order valence-corrected chi connectivity index (χ1v) is 10.7. The molecule has 2 atom stereocenters. The second kappa shape index (κ2) is 5.86. The molecule has 118 valence electrons. The Morgan fingerprint density at radius 1 is 1.24 bits per heavy atom. The van der Waals surface area contributed by atoms with Crippen molar-refractivity contribution in [2.75, 3.05) is 11.6 Å². The van der Waals surface area contributed by atoms with Crippen LogP contribution in [0.4, 0.5) is 5.69 Å². The average molecular weight is 397 g/mol. The number of sulfonamides is 1. The zero-order valence-corrected chi connectivity index (χ0v) is 14.6. The highest BCUT2D eigenvalue weighted by Gasteiger charge is 2.34. The van der Waals surface area contributed by atoms with E-state index in [1.54, 1.807) is 6.07 Å². The summed E-state index contributed by atoms with van der Waals surface area (Å²) in [6, 6.07) is 4.22. The Morgan fingerprint density at radius 2 is 1.90 bits per heavy atom. The third kappa shape index (κ3) is 3.97. The van der Waals surface area contributed by atoms with Gasteiger partial charge in [0.25, 0.3) is 0 Å². The Labute approximate surface area is 133 Å². The van der Waals surface area contributed by atoms with Gasteiger partial charge in [-0.15, -0.1) is 0 Å². The quantitative estimate of drug-likeness (QED) is 0.801. The minimum absolute atomic E-state index is 0.00556. The highest BCUT2D eigenvalue weighted by molar-refractivity contribution is 9.10. The number of hydrogen-bond acceptors (Lipinski definition) is 5. The predicted molar refractivity (Wildman–Crippen MR) is 85.4 cm³/mol. The number of hydrogen-bond donors (Lipinski definition) is 2. The summed E-state index contributed by atoms with van der Waals surface area (Å²) in [7, 11) is -6.87. The van der Waals surface area contributed by atoms with E-state index in [9.17, 15) is 16.8 Å². The Bertz CT molecular complexity index is 747. The van der Waals surface area contributed by atoms with E-state index in [-0.39, 0.29) is 10.9 Å². The molecule has 1 aromatic rings. The van der Waals surface area contributed by atoms with Crippen LogP contribution in [0.25, 0.3) is 0 Å². The van der Waals surface area contributed by atoms with Crippen LogP contribution in [0.3, 0.4) is 0 Å². The molecule has 0 radical (unpaired) electrons. The number of rotatable bonds is 4. The van der Waals surface area contributed by atoms with Crippen LogP contribution in [0, 0.1) is 0 Å². The molecule has 0 saturated heterocycles. The van der Waals surface area contributed by atoms with E-state index in [0.29, 0.717) is 16.6 Å². The molecule has 6 nitrogen and oxygen atoms in total. The summed E-state index contributed by atoms with van der Waals surface area (Å²) in [5.74, 6) is 0. The molecular weight excluding hydrogens is 380 g/mol. The summed E-state index contributed by atoms with van der Waals surface area (Å²) in [5, 5.41) is 7.84. The molecule has 0 amide bonds. The lowest BCUT2D eigenvalue weighted by molar-refractivity contribution is 0.579. The molecule has 3 N–H and O–H groups in total. The van der Waals surface area contributed by atoms with Crippen LogP contribution >= 0.6 is 15.9 Å². The standard InChI is InChI=1S/C12H17BrN2O4S2/c1-20(16,17)12-4-2-3-11(12)15-10-6-5-8(7-9(10)13)21(14,18)19/h5-7,11-12,15H,2-4H2,1H3,(H2,14,18,19). The van der Waals surface area contributed by atoms with Crippen LogP contribution < -0.4 is 10.5 Å². The highest BCUT2D eigenvalue weighted by atomic mass is 79.9. The molecule has 0 spiro atoms. The fourth-order valence-electron chi connectivity index (χ4n) is 2.59. The molecule has 0 bridgehead atoms. The number of nitrogens with one attached hydrogen (secondary N) is 1. The molecule has 2 rings (SSSR count). The summed E-state index contributed by atoms with van der Waals surface area (Å²) in [6.45, 7) is 0. The summed E-state index contributed by atoms with van der Waals surface area (Å²) in [6.07, 6.45) is 3.50. The molecule has 1 aromatic carbocycles. The zero-order valence-electron chi connectivity index (χ0n) is 11.4. The maximum Gasteiger partial charge on any atom is 0.238 e. The average Bonchev–Trinajstić information content (AvgIpc) is 2.78. The molecule has 9 heteroatoms. The Hall–Kier alpha value is -0.640. The van der Waals surface area contributed by atoms with Crippen molar-refractivity contribution in [3.8, 4) is 0 Å². The monoisotopic (exact) mass is 396 g/mol. The molecule has 1 aliphatic carbocycles. The summed E-state index contributed by atoms with van der Waals surface area (Å²) >= 11 is 3.29. The van der Waals surface area contributed by atoms with Crippen LogP contribution in [0.1, 0.15) is 19.3 Å². The lowest BCUT2D eigenvalue weighted by Gasteiger charge is -2.21.